The lowest BCUT2D eigenvalue weighted by molar-refractivity contribution is 0.432. The van der Waals surface area contributed by atoms with Gasteiger partial charge in [-0.2, -0.15) is 10.2 Å². The zero-order chi connectivity index (χ0) is 13.9. The van der Waals surface area contributed by atoms with E-state index in [-0.39, 0.29) is 11.4 Å². The molecule has 96 valence electrons. The van der Waals surface area contributed by atoms with Crippen molar-refractivity contribution in [1.29, 1.82) is 5.26 Å². The van der Waals surface area contributed by atoms with Gasteiger partial charge >= 0.3 is 0 Å². The van der Waals surface area contributed by atoms with Crippen LogP contribution in [0.2, 0.25) is 0 Å². The molecule has 20 heavy (non-hydrogen) atoms. The van der Waals surface area contributed by atoms with Crippen molar-refractivity contribution in [3.63, 3.8) is 0 Å². The Morgan fingerprint density at radius 3 is 2.85 bits per heavy atom. The zero-order valence-corrected chi connectivity index (χ0v) is 10.2. The first-order valence-electron chi connectivity index (χ1n) is 5.76. The number of aromatic hydroxyl groups is 1. The number of phenols is 1. The van der Waals surface area contributed by atoms with E-state index in [4.69, 9.17) is 9.78 Å². The molecule has 0 bridgehead atoms. The van der Waals surface area contributed by atoms with Crippen LogP contribution in [0.3, 0.4) is 0 Å². The maximum Gasteiger partial charge on any atom is 0.258 e. The molecule has 0 aliphatic carbocycles. The van der Waals surface area contributed by atoms with E-state index < -0.39 is 0 Å². The smallest absolute Gasteiger partial charge is 0.258 e. The molecule has 0 radical (unpaired) electrons. The molecule has 0 spiro atoms. The molecule has 6 nitrogen and oxygen atoms in total. The van der Waals surface area contributed by atoms with Crippen molar-refractivity contribution in [2.75, 3.05) is 0 Å². The summed E-state index contributed by atoms with van der Waals surface area (Å²) in [5, 5.41) is 22.1. The Hall–Kier alpha value is -3.20. The predicted octanol–water partition coefficient (Wildman–Crippen LogP) is 2.38. The van der Waals surface area contributed by atoms with Crippen molar-refractivity contribution < 1.29 is 9.63 Å². The quantitative estimate of drug-likeness (QED) is 0.763. The highest BCUT2D eigenvalue weighted by Gasteiger charge is 2.11. The minimum absolute atomic E-state index is 0.129. The third kappa shape index (κ3) is 2.20. The van der Waals surface area contributed by atoms with E-state index in [0.717, 1.165) is 0 Å². The van der Waals surface area contributed by atoms with Gasteiger partial charge in [0.15, 0.2) is 0 Å². The Kier molecular flexibility index (Phi) is 2.86. The molecule has 1 aromatic carbocycles. The Morgan fingerprint density at radius 2 is 2.05 bits per heavy atom. The van der Waals surface area contributed by atoms with Crippen LogP contribution in [0.5, 0.6) is 5.75 Å². The van der Waals surface area contributed by atoms with Gasteiger partial charge in [-0.05, 0) is 24.3 Å². The van der Waals surface area contributed by atoms with E-state index in [1.807, 2.05) is 6.07 Å². The second-order valence-electron chi connectivity index (χ2n) is 4.02. The second-order valence-corrected chi connectivity index (χ2v) is 4.02. The Bertz CT molecular complexity index is 805. The third-order valence-corrected chi connectivity index (χ3v) is 2.65. The number of nitriles is 1. The van der Waals surface area contributed by atoms with Crippen LogP contribution in [0.1, 0.15) is 5.69 Å². The molecule has 0 saturated carbocycles. The maximum absolute atomic E-state index is 9.44. The van der Waals surface area contributed by atoms with Crippen molar-refractivity contribution in [1.82, 2.24) is 15.1 Å². The highest BCUT2D eigenvalue weighted by atomic mass is 16.5. The Balaban J connectivity index is 2.00. The number of hydrogen-bond donors (Lipinski definition) is 1. The Morgan fingerprint density at radius 1 is 1.15 bits per heavy atom. The van der Waals surface area contributed by atoms with Gasteiger partial charge in [0, 0.05) is 17.3 Å². The molecule has 0 amide bonds. The van der Waals surface area contributed by atoms with Crippen molar-refractivity contribution >= 4 is 0 Å². The molecule has 3 rings (SSSR count). The third-order valence-electron chi connectivity index (χ3n) is 2.65. The fraction of sp³-hybridized carbons (Fsp3) is 0. The average Bonchev–Trinajstić information content (AvgIpc) is 2.97. The predicted molar refractivity (Wildman–Crippen MR) is 69.3 cm³/mol. The van der Waals surface area contributed by atoms with Gasteiger partial charge in [0.25, 0.3) is 5.89 Å². The van der Waals surface area contributed by atoms with Gasteiger partial charge in [-0.25, -0.2) is 4.98 Å². The van der Waals surface area contributed by atoms with Gasteiger partial charge in [0.2, 0.25) is 5.82 Å². The molecular weight excluding hydrogens is 256 g/mol. The van der Waals surface area contributed by atoms with E-state index in [9.17, 15) is 5.11 Å². The summed E-state index contributed by atoms with van der Waals surface area (Å²) in [6, 6.07) is 11.8. The summed E-state index contributed by atoms with van der Waals surface area (Å²) in [7, 11) is 0. The number of aromatic nitrogens is 3. The molecule has 0 saturated heterocycles. The summed E-state index contributed by atoms with van der Waals surface area (Å²) < 4.78 is 5.16. The second kappa shape index (κ2) is 4.82. The Labute approximate surface area is 114 Å². The molecule has 0 aliphatic rings. The summed E-state index contributed by atoms with van der Waals surface area (Å²) in [5.41, 5.74) is 1.55. The van der Waals surface area contributed by atoms with Crippen LogP contribution in [-0.4, -0.2) is 20.2 Å². The number of rotatable bonds is 2. The summed E-state index contributed by atoms with van der Waals surface area (Å²) in [6.45, 7) is 0. The van der Waals surface area contributed by atoms with Crippen LogP contribution in [0, 0.1) is 11.3 Å². The molecule has 0 atom stereocenters. The summed E-state index contributed by atoms with van der Waals surface area (Å²) in [4.78, 5) is 8.12. The van der Waals surface area contributed by atoms with Gasteiger partial charge in [-0.15, -0.1) is 0 Å². The fourth-order valence-corrected chi connectivity index (χ4v) is 1.73. The van der Waals surface area contributed by atoms with Crippen LogP contribution < -0.4 is 0 Å². The number of nitrogens with zero attached hydrogens (tertiary/aromatic N) is 4. The maximum atomic E-state index is 9.44. The molecule has 2 heterocycles. The van der Waals surface area contributed by atoms with Crippen molar-refractivity contribution in [3.05, 3.63) is 48.3 Å². The fourth-order valence-electron chi connectivity index (χ4n) is 1.73. The van der Waals surface area contributed by atoms with Gasteiger partial charge in [-0.1, -0.05) is 17.3 Å². The van der Waals surface area contributed by atoms with Crippen LogP contribution in [0.15, 0.2) is 47.1 Å². The zero-order valence-electron chi connectivity index (χ0n) is 10.2. The van der Waals surface area contributed by atoms with Crippen LogP contribution in [-0.2, 0) is 0 Å². The van der Waals surface area contributed by atoms with E-state index in [0.29, 0.717) is 22.8 Å². The lowest BCUT2D eigenvalue weighted by atomic mass is 10.2. The van der Waals surface area contributed by atoms with E-state index in [1.165, 1.54) is 6.20 Å². The first-order valence-corrected chi connectivity index (χ1v) is 5.76. The van der Waals surface area contributed by atoms with Crippen molar-refractivity contribution in [2.45, 2.75) is 0 Å². The minimum atomic E-state index is 0.129. The average molecular weight is 264 g/mol. The first-order chi connectivity index (χ1) is 9.76. The van der Waals surface area contributed by atoms with Crippen LogP contribution >= 0.6 is 0 Å². The van der Waals surface area contributed by atoms with Crippen LogP contribution in [0.4, 0.5) is 0 Å². The van der Waals surface area contributed by atoms with E-state index >= 15 is 0 Å². The van der Waals surface area contributed by atoms with Gasteiger partial charge < -0.3 is 9.63 Å². The summed E-state index contributed by atoms with van der Waals surface area (Å²) >= 11 is 0. The molecule has 0 fully saturated rings. The number of benzene rings is 1. The highest BCUT2D eigenvalue weighted by molar-refractivity contribution is 5.61. The van der Waals surface area contributed by atoms with Crippen molar-refractivity contribution in [2.24, 2.45) is 0 Å². The number of phenolic OH excluding ortho intramolecular Hbond substituents is 1. The number of hydrogen-bond acceptors (Lipinski definition) is 6. The molecule has 1 N–H and O–H groups in total. The van der Waals surface area contributed by atoms with Crippen LogP contribution in [0.25, 0.3) is 22.8 Å². The molecule has 6 heteroatoms. The molecule has 0 unspecified atom stereocenters. The first kappa shape index (κ1) is 11.9. The minimum Gasteiger partial charge on any atom is -0.508 e. The van der Waals surface area contributed by atoms with Gasteiger partial charge in [-0.3, -0.25) is 0 Å². The SMILES string of the molecule is N#Cc1cc(-c2nc(-c3cccc(O)c3)no2)ccn1. The summed E-state index contributed by atoms with van der Waals surface area (Å²) in [5.74, 6) is 0.790. The molecule has 2 aromatic heterocycles. The van der Waals surface area contributed by atoms with Gasteiger partial charge in [0.05, 0.1) is 0 Å². The van der Waals surface area contributed by atoms with Gasteiger partial charge in [0.1, 0.15) is 17.5 Å². The lowest BCUT2D eigenvalue weighted by Crippen LogP contribution is -1.84. The standard InChI is InChI=1S/C14H8N4O2/c15-8-11-6-10(4-5-16-11)14-17-13(18-20-14)9-2-1-3-12(19)7-9/h1-7,19H. The van der Waals surface area contributed by atoms with Crippen molar-refractivity contribution in [3.8, 4) is 34.7 Å². The summed E-state index contributed by atoms with van der Waals surface area (Å²) in [6.07, 6.45) is 1.51. The topological polar surface area (TPSA) is 95.8 Å². The molecule has 0 aliphatic heterocycles. The van der Waals surface area contributed by atoms with E-state index in [1.54, 1.807) is 36.4 Å². The number of pyridine rings is 1. The lowest BCUT2D eigenvalue weighted by Gasteiger charge is -1.95. The van der Waals surface area contributed by atoms with E-state index in [2.05, 4.69) is 15.1 Å². The molecular formula is C14H8N4O2. The largest absolute Gasteiger partial charge is 0.508 e. The highest BCUT2D eigenvalue weighted by Crippen LogP contribution is 2.24. The molecule has 3 aromatic rings. The normalized spacial score (nSPS) is 10.2. The monoisotopic (exact) mass is 264 g/mol.